The second kappa shape index (κ2) is 12.6. The Hall–Kier alpha value is -2.16. The summed E-state index contributed by atoms with van der Waals surface area (Å²) in [5.74, 6) is 0.696. The van der Waals surface area contributed by atoms with Gasteiger partial charge in [-0.15, -0.1) is 0 Å². The van der Waals surface area contributed by atoms with Crippen LogP contribution < -0.4 is 10.4 Å². The molecule has 2 aliphatic rings. The third-order valence-corrected chi connectivity index (χ3v) is 12.3. The van der Waals surface area contributed by atoms with Crippen LogP contribution in [0.3, 0.4) is 0 Å². The van der Waals surface area contributed by atoms with Gasteiger partial charge in [0.25, 0.3) is 8.07 Å². The van der Waals surface area contributed by atoms with Crippen molar-refractivity contribution in [2.24, 2.45) is 11.8 Å². The van der Waals surface area contributed by atoms with Crippen molar-refractivity contribution in [3.05, 3.63) is 60.7 Å². The Bertz CT molecular complexity index is 947. The molecule has 0 bridgehead atoms. The van der Waals surface area contributed by atoms with Gasteiger partial charge in [0.2, 0.25) is 0 Å². The van der Waals surface area contributed by atoms with Gasteiger partial charge in [0.1, 0.15) is 23.3 Å². The molecule has 0 spiro atoms. The molecule has 0 aromatic heterocycles. The molecule has 200 valence electrons. The molecule has 2 unspecified atom stereocenters. The summed E-state index contributed by atoms with van der Waals surface area (Å²) in [6, 6.07) is 19.7. The summed E-state index contributed by atoms with van der Waals surface area (Å²) < 4.78 is 11.9. The molecule has 2 aliphatic heterocycles. The van der Waals surface area contributed by atoms with E-state index in [2.05, 4.69) is 37.5 Å². The first-order valence-electron chi connectivity index (χ1n) is 13.7. The molecular weight excluding hydrogens is 480 g/mol. The molecule has 2 atom stereocenters. The zero-order chi connectivity index (χ0) is 26.4. The van der Waals surface area contributed by atoms with E-state index in [4.69, 9.17) is 9.47 Å². The van der Waals surface area contributed by atoms with Crippen LogP contribution in [0.1, 0.15) is 40.5 Å². The Morgan fingerprint density at radius 1 is 0.730 bits per heavy atom. The van der Waals surface area contributed by atoms with Gasteiger partial charge in [0.05, 0.1) is 13.2 Å². The Kier molecular flexibility index (Phi) is 9.48. The van der Waals surface area contributed by atoms with Crippen LogP contribution in [0.2, 0.25) is 0 Å². The molecule has 0 aliphatic carbocycles. The molecule has 0 N–H and O–H groups in total. The summed E-state index contributed by atoms with van der Waals surface area (Å²) in [6.07, 6.45) is 0.734. The van der Waals surface area contributed by atoms with Gasteiger partial charge >= 0.3 is 0 Å². The van der Waals surface area contributed by atoms with E-state index in [1.165, 1.54) is 0 Å². The lowest BCUT2D eigenvalue weighted by atomic mass is 10.2. The third-order valence-electron chi connectivity index (χ3n) is 7.70. The number of carbonyl (C=O) groups is 2. The normalized spacial score (nSPS) is 21.2. The van der Waals surface area contributed by atoms with Crippen LogP contribution in [0.25, 0.3) is 0 Å². The van der Waals surface area contributed by atoms with Crippen molar-refractivity contribution in [1.82, 2.24) is 9.80 Å². The quantitative estimate of drug-likeness (QED) is 0.400. The molecule has 2 aromatic carbocycles. The van der Waals surface area contributed by atoms with E-state index in [0.717, 1.165) is 23.5 Å². The van der Waals surface area contributed by atoms with Gasteiger partial charge in [0.15, 0.2) is 0 Å². The molecule has 7 heteroatoms. The summed E-state index contributed by atoms with van der Waals surface area (Å²) >= 11 is 0. The fraction of sp³-hybridized carbons (Fsp3) is 0.533. The fourth-order valence-electron chi connectivity index (χ4n) is 5.96. The van der Waals surface area contributed by atoms with Crippen LogP contribution in [-0.4, -0.2) is 80.5 Å². The number of hydrogen-bond acceptors (Lipinski definition) is 6. The van der Waals surface area contributed by atoms with Crippen LogP contribution in [0.15, 0.2) is 60.7 Å². The van der Waals surface area contributed by atoms with E-state index >= 15 is 0 Å². The first-order chi connectivity index (χ1) is 17.9. The van der Waals surface area contributed by atoms with Gasteiger partial charge in [0, 0.05) is 39.0 Å². The highest BCUT2D eigenvalue weighted by atomic mass is 28.3. The van der Waals surface area contributed by atoms with Gasteiger partial charge in [-0.05, 0) is 22.2 Å². The van der Waals surface area contributed by atoms with Crippen molar-refractivity contribution < 1.29 is 19.1 Å². The summed E-state index contributed by atoms with van der Waals surface area (Å²) in [6.45, 7) is 12.8. The molecule has 2 heterocycles. The van der Waals surface area contributed by atoms with Crippen LogP contribution in [0, 0.1) is 11.8 Å². The van der Waals surface area contributed by atoms with Crippen molar-refractivity contribution in [3.8, 4) is 0 Å². The number of hydrogen-bond donors (Lipinski definition) is 0. The lowest BCUT2D eigenvalue weighted by Crippen LogP contribution is -2.71. The minimum Gasteiger partial charge on any atom is -0.362 e. The van der Waals surface area contributed by atoms with E-state index in [9.17, 15) is 9.59 Å². The maximum atomic E-state index is 14.4. The second-order valence-corrected chi connectivity index (χ2v) is 14.7. The molecule has 2 fully saturated rings. The molecule has 4 rings (SSSR count). The fourth-order valence-corrected chi connectivity index (χ4v) is 10.3. The van der Waals surface area contributed by atoms with Crippen LogP contribution in [0.5, 0.6) is 0 Å². The minimum absolute atomic E-state index is 0.0242. The Labute approximate surface area is 222 Å². The largest absolute Gasteiger partial charge is 0.362 e. The lowest BCUT2D eigenvalue weighted by molar-refractivity contribution is -0.116. The van der Waals surface area contributed by atoms with Crippen molar-refractivity contribution in [2.75, 3.05) is 39.4 Å². The third kappa shape index (κ3) is 5.96. The molecule has 0 amide bonds. The van der Waals surface area contributed by atoms with Crippen molar-refractivity contribution >= 4 is 29.3 Å². The highest BCUT2D eigenvalue weighted by Crippen LogP contribution is 2.22. The Balaban J connectivity index is 1.66. The van der Waals surface area contributed by atoms with E-state index in [0.29, 0.717) is 51.0 Å². The minimum atomic E-state index is -3.41. The maximum absolute atomic E-state index is 14.4. The van der Waals surface area contributed by atoms with Gasteiger partial charge < -0.3 is 19.1 Å². The molecule has 37 heavy (non-hydrogen) atoms. The van der Waals surface area contributed by atoms with Gasteiger partial charge in [-0.25, -0.2) is 0 Å². The van der Waals surface area contributed by atoms with E-state index in [1.54, 1.807) is 0 Å². The maximum Gasteiger partial charge on any atom is 0.267 e. The second-order valence-electron chi connectivity index (χ2n) is 10.9. The Morgan fingerprint density at radius 3 is 1.46 bits per heavy atom. The molecule has 6 nitrogen and oxygen atoms in total. The number of ether oxygens (including phenoxy) is 2. The van der Waals surface area contributed by atoms with Crippen LogP contribution in [-0.2, 0) is 19.1 Å². The lowest BCUT2D eigenvalue weighted by Gasteiger charge is -2.32. The monoisotopic (exact) mass is 522 g/mol. The average molecular weight is 523 g/mol. The zero-order valence-electron chi connectivity index (χ0n) is 22.8. The molecule has 0 radical (unpaired) electrons. The van der Waals surface area contributed by atoms with Gasteiger partial charge in [-0.2, -0.15) is 0 Å². The molecule has 0 saturated carbocycles. The van der Waals surface area contributed by atoms with Crippen LogP contribution >= 0.6 is 0 Å². The zero-order valence-corrected chi connectivity index (χ0v) is 23.8. The first kappa shape index (κ1) is 27.9. The Morgan fingerprint density at radius 2 is 1.11 bits per heavy atom. The molecular formula is C30H42N2O4Si. The van der Waals surface area contributed by atoms with E-state index < -0.39 is 8.07 Å². The average Bonchev–Trinajstić information content (AvgIpc) is 3.58. The van der Waals surface area contributed by atoms with Crippen molar-refractivity contribution in [2.45, 2.75) is 53.0 Å². The van der Waals surface area contributed by atoms with Crippen molar-refractivity contribution in [3.63, 3.8) is 0 Å². The van der Waals surface area contributed by atoms with E-state index in [-0.39, 0.29) is 23.3 Å². The van der Waals surface area contributed by atoms with Gasteiger partial charge in [-0.1, -0.05) is 88.4 Å². The number of carbonyl (C=O) groups excluding carboxylic acids is 2. The molecule has 2 saturated heterocycles. The highest BCUT2D eigenvalue weighted by Gasteiger charge is 2.51. The standard InChI is InChI=1S/C30H42N2O4Si/c1-23(2)29-31(19-21-35-29)17-15-27(33)37(25-11-7-5-8-12-25,26-13-9-6-10-14-26)28(34)16-18-32-20-22-36-30(32)24(3)4/h5-14,23-24,29-30H,15-22H2,1-4H3. The number of nitrogens with zero attached hydrogens (tertiary/aromatic N) is 2. The summed E-state index contributed by atoms with van der Waals surface area (Å²) in [5, 5.41) is 1.93. The first-order valence-corrected chi connectivity index (χ1v) is 15.7. The predicted octanol–water partition coefficient (Wildman–Crippen LogP) is 2.88. The summed E-state index contributed by atoms with van der Waals surface area (Å²) in [4.78, 5) is 33.4. The number of benzene rings is 2. The van der Waals surface area contributed by atoms with Crippen molar-refractivity contribution in [1.29, 1.82) is 0 Å². The van der Waals surface area contributed by atoms with E-state index in [1.807, 2.05) is 60.7 Å². The SMILES string of the molecule is CC(C)C1OCCN1CCC(=O)[Si](C(=O)CCN1CCOC1C(C)C)(c1ccccc1)c1ccccc1. The van der Waals surface area contributed by atoms with Crippen LogP contribution in [0.4, 0.5) is 0 Å². The summed E-state index contributed by atoms with van der Waals surface area (Å²) in [7, 11) is -3.41. The topological polar surface area (TPSA) is 59.1 Å². The number of rotatable bonds is 12. The smallest absolute Gasteiger partial charge is 0.267 e. The molecule has 2 aromatic rings. The summed E-state index contributed by atoms with van der Waals surface area (Å²) in [5.41, 5.74) is 0. The highest BCUT2D eigenvalue weighted by molar-refractivity contribution is 7.38. The van der Waals surface area contributed by atoms with Gasteiger partial charge in [-0.3, -0.25) is 9.80 Å². The predicted molar refractivity (Wildman–Crippen MR) is 149 cm³/mol.